The molecule has 3 aliphatic heterocycles. The maximum Gasteiger partial charge on any atom is 0.262 e. The van der Waals surface area contributed by atoms with Crippen molar-refractivity contribution in [2.75, 3.05) is 35.7 Å². The maximum atomic E-state index is 13.4. The van der Waals surface area contributed by atoms with Gasteiger partial charge in [0.25, 0.3) is 11.8 Å². The van der Waals surface area contributed by atoms with Gasteiger partial charge < -0.3 is 15.5 Å². The van der Waals surface area contributed by atoms with Crippen molar-refractivity contribution in [2.45, 2.75) is 76.0 Å². The van der Waals surface area contributed by atoms with E-state index in [-0.39, 0.29) is 24.0 Å². The van der Waals surface area contributed by atoms with E-state index in [0.717, 1.165) is 87.9 Å². The topological polar surface area (TPSA) is 158 Å². The molecule has 3 N–H and O–H groups in total. The number of imide groups is 2. The number of piperidine rings is 2. The summed E-state index contributed by atoms with van der Waals surface area (Å²) in [4.78, 5) is 71.0. The molecule has 0 bridgehead atoms. The molecule has 5 heterocycles. The summed E-state index contributed by atoms with van der Waals surface area (Å²) in [6.07, 6.45) is 8.52. The first-order chi connectivity index (χ1) is 27.7. The molecule has 3 aromatic carbocycles. The van der Waals surface area contributed by atoms with Crippen LogP contribution in [-0.2, 0) is 16.1 Å². The van der Waals surface area contributed by atoms with E-state index in [9.17, 15) is 19.2 Å². The predicted octanol–water partition coefficient (Wildman–Crippen LogP) is 6.69. The van der Waals surface area contributed by atoms with E-state index in [1.54, 1.807) is 18.3 Å². The summed E-state index contributed by atoms with van der Waals surface area (Å²) >= 11 is 3.63. The number of halogens is 1. The van der Waals surface area contributed by atoms with Gasteiger partial charge in [0.1, 0.15) is 11.6 Å². The highest BCUT2D eigenvalue weighted by molar-refractivity contribution is 9.10. The average molecular weight is 832 g/mol. The van der Waals surface area contributed by atoms with Crippen molar-refractivity contribution < 1.29 is 19.2 Å². The fourth-order valence-corrected chi connectivity index (χ4v) is 9.17. The van der Waals surface area contributed by atoms with Gasteiger partial charge in [0, 0.05) is 59.7 Å². The van der Waals surface area contributed by atoms with Gasteiger partial charge in [-0.15, -0.1) is 0 Å². The van der Waals surface area contributed by atoms with Crippen LogP contribution in [0.15, 0.2) is 77.4 Å². The number of hydrogen-bond donors (Lipinski definition) is 3. The lowest BCUT2D eigenvalue weighted by Gasteiger charge is -2.38. The number of nitrogens with one attached hydrogen (secondary N) is 3. The molecule has 4 aliphatic rings. The van der Waals surface area contributed by atoms with Crippen LogP contribution >= 0.6 is 15.9 Å². The van der Waals surface area contributed by atoms with E-state index >= 15 is 0 Å². The number of rotatable bonds is 10. The van der Waals surface area contributed by atoms with Gasteiger partial charge in [-0.1, -0.05) is 47.0 Å². The number of hydrogen-bond acceptors (Lipinski definition) is 11. The van der Waals surface area contributed by atoms with Crippen molar-refractivity contribution in [2.24, 2.45) is 0 Å². The number of imidazole rings is 1. The lowest BCUT2D eigenvalue weighted by molar-refractivity contribution is -0.136. The second-order valence-corrected chi connectivity index (χ2v) is 16.2. The molecule has 0 radical (unpaired) electrons. The largest absolute Gasteiger partial charge is 0.371 e. The summed E-state index contributed by atoms with van der Waals surface area (Å²) < 4.78 is 2.99. The molecule has 292 valence electrons. The van der Waals surface area contributed by atoms with Crippen molar-refractivity contribution in [3.63, 3.8) is 0 Å². The number of anilines is 5. The summed E-state index contributed by atoms with van der Waals surface area (Å²) in [7, 11) is 2.09. The summed E-state index contributed by atoms with van der Waals surface area (Å²) in [6.45, 7) is 2.37. The highest BCUT2D eigenvalue weighted by Crippen LogP contribution is 2.37. The first-order valence-electron chi connectivity index (χ1n) is 19.6. The van der Waals surface area contributed by atoms with E-state index in [1.807, 2.05) is 30.3 Å². The Hall–Kier alpha value is -5.67. The first-order valence-corrected chi connectivity index (χ1v) is 20.4. The van der Waals surface area contributed by atoms with Crippen LogP contribution < -0.4 is 20.9 Å². The molecule has 15 heteroatoms. The fourth-order valence-electron chi connectivity index (χ4n) is 8.70. The molecular formula is C42H43BrN10O4. The van der Waals surface area contributed by atoms with Crippen LogP contribution in [0.2, 0.25) is 0 Å². The molecule has 14 nitrogen and oxygen atoms in total. The first kappa shape index (κ1) is 36.9. The number of para-hydroxylation sites is 1. The molecule has 2 saturated heterocycles. The molecule has 3 fully saturated rings. The molecule has 1 atom stereocenters. The number of carbonyl (C=O) groups is 4. The Kier molecular flexibility index (Phi) is 9.95. The van der Waals surface area contributed by atoms with E-state index in [1.165, 1.54) is 12.8 Å². The highest BCUT2D eigenvalue weighted by Gasteiger charge is 2.45. The van der Waals surface area contributed by atoms with Crippen molar-refractivity contribution in [1.29, 1.82) is 0 Å². The molecule has 57 heavy (non-hydrogen) atoms. The minimum absolute atomic E-state index is 0.0845. The third-order valence-electron chi connectivity index (χ3n) is 11.8. The van der Waals surface area contributed by atoms with E-state index in [0.29, 0.717) is 24.6 Å². The summed E-state index contributed by atoms with van der Waals surface area (Å²) in [5.74, 6) is -0.697. The third kappa shape index (κ3) is 7.25. The quantitative estimate of drug-likeness (QED) is 0.129. The van der Waals surface area contributed by atoms with E-state index in [2.05, 4.69) is 82.5 Å². The Morgan fingerprint density at radius 3 is 2.26 bits per heavy atom. The van der Waals surface area contributed by atoms with Crippen molar-refractivity contribution >= 4 is 79.7 Å². The molecule has 1 saturated carbocycles. The van der Waals surface area contributed by atoms with Crippen LogP contribution in [0.5, 0.6) is 0 Å². The van der Waals surface area contributed by atoms with Gasteiger partial charge in [-0.3, -0.25) is 38.9 Å². The smallest absolute Gasteiger partial charge is 0.262 e. The number of benzene rings is 3. The Bertz CT molecular complexity index is 2370. The van der Waals surface area contributed by atoms with Gasteiger partial charge in [0.15, 0.2) is 5.65 Å². The second-order valence-electron chi connectivity index (χ2n) is 15.4. The zero-order chi connectivity index (χ0) is 39.2. The van der Waals surface area contributed by atoms with Crippen LogP contribution in [0.3, 0.4) is 0 Å². The molecule has 5 aromatic rings. The number of carbonyl (C=O) groups excluding carboxylic acids is 4. The van der Waals surface area contributed by atoms with Gasteiger partial charge >= 0.3 is 0 Å². The zero-order valence-corrected chi connectivity index (χ0v) is 33.2. The van der Waals surface area contributed by atoms with Gasteiger partial charge in [-0.25, -0.2) is 9.97 Å². The van der Waals surface area contributed by atoms with E-state index < -0.39 is 29.7 Å². The number of amides is 4. The van der Waals surface area contributed by atoms with Gasteiger partial charge in [0.2, 0.25) is 23.7 Å². The van der Waals surface area contributed by atoms with Crippen molar-refractivity contribution in [1.82, 2.24) is 34.6 Å². The van der Waals surface area contributed by atoms with Crippen LogP contribution in [0.1, 0.15) is 83.7 Å². The molecule has 1 aliphatic carbocycles. The summed E-state index contributed by atoms with van der Waals surface area (Å²) in [5, 5.41) is 9.16. The zero-order valence-electron chi connectivity index (χ0n) is 31.6. The normalized spacial score (nSPS) is 19.2. The van der Waals surface area contributed by atoms with Gasteiger partial charge in [-0.2, -0.15) is 4.98 Å². The lowest BCUT2D eigenvalue weighted by atomic mass is 10.0. The maximum absolute atomic E-state index is 13.4. The average Bonchev–Trinajstić information content (AvgIpc) is 3.93. The number of nitrogens with zero attached hydrogens (tertiary/aromatic N) is 7. The Morgan fingerprint density at radius 1 is 0.842 bits per heavy atom. The third-order valence-corrected chi connectivity index (χ3v) is 12.5. The lowest BCUT2D eigenvalue weighted by Crippen LogP contribution is -2.54. The van der Waals surface area contributed by atoms with E-state index in [4.69, 9.17) is 9.97 Å². The predicted molar refractivity (Wildman–Crippen MR) is 220 cm³/mol. The van der Waals surface area contributed by atoms with Crippen molar-refractivity contribution in [3.05, 3.63) is 94.1 Å². The molecule has 9 rings (SSSR count). The molecular weight excluding hydrogens is 788 g/mol. The summed E-state index contributed by atoms with van der Waals surface area (Å²) in [6, 6.07) is 21.6. The number of fused-ring (bicyclic) bond motifs is 2. The van der Waals surface area contributed by atoms with Crippen LogP contribution in [-0.4, -0.2) is 85.2 Å². The Balaban J connectivity index is 0.824. The van der Waals surface area contributed by atoms with Crippen LogP contribution in [0.4, 0.5) is 29.0 Å². The summed E-state index contributed by atoms with van der Waals surface area (Å²) in [5.41, 5.74) is 6.08. The molecule has 1 unspecified atom stereocenters. The highest BCUT2D eigenvalue weighted by atomic mass is 79.9. The van der Waals surface area contributed by atoms with Gasteiger partial charge in [-0.05, 0) is 93.2 Å². The molecule has 4 amide bonds. The Morgan fingerprint density at radius 2 is 1.54 bits per heavy atom. The SMILES string of the molecule is CN(Cc1cc2c(cc1Br)C(=O)N(C1CCC(=O)NC1=O)C2=O)C1CCN(c2ccc(Nc3ncc4nc(Nc5ccccc5)n(C5CCCC5)c4n3)cc2)CC1. The minimum Gasteiger partial charge on any atom is -0.371 e. The molecule has 2 aromatic heterocycles. The van der Waals surface area contributed by atoms with Crippen LogP contribution in [0, 0.1) is 0 Å². The van der Waals surface area contributed by atoms with Crippen LogP contribution in [0.25, 0.3) is 11.2 Å². The second kappa shape index (κ2) is 15.3. The Labute approximate surface area is 338 Å². The standard InChI is InChI=1S/C42H43BrN10O4/c1-50(24-25-21-31-32(22-33(25)43)40(57)53(39(31)56)35-15-16-36(54)48-38(35)55)28-17-19-51(20-18-28)29-13-11-27(12-14-29)45-41-44-23-34-37(49-41)52(30-9-5-6-10-30)42(47-34)46-26-7-3-2-4-8-26/h2-4,7-8,11-14,21-23,28,30,35H,5-6,9-10,15-20,24H2,1H3,(H,46,47)(H,44,45,49)(H,48,54,55). The number of aromatic nitrogens is 4. The fraction of sp³-hybridized carbons (Fsp3) is 0.357. The van der Waals surface area contributed by atoms with Crippen molar-refractivity contribution in [3.8, 4) is 0 Å². The van der Waals surface area contributed by atoms with Gasteiger partial charge in [0.05, 0.1) is 17.3 Å². The minimum atomic E-state index is -0.989. The molecule has 0 spiro atoms. The monoisotopic (exact) mass is 830 g/mol.